The van der Waals surface area contributed by atoms with Gasteiger partial charge in [-0.2, -0.15) is 18.3 Å². The van der Waals surface area contributed by atoms with E-state index >= 15 is 0 Å². The van der Waals surface area contributed by atoms with Gasteiger partial charge in [-0.3, -0.25) is 5.43 Å². The maximum Gasteiger partial charge on any atom is 0.410 e. The molecule has 0 fully saturated rings. The molecular weight excluding hydrogens is 253 g/mol. The van der Waals surface area contributed by atoms with Crippen molar-refractivity contribution in [3.05, 3.63) is 22.8 Å². The van der Waals surface area contributed by atoms with Gasteiger partial charge in [0.1, 0.15) is 6.04 Å². The smallest absolute Gasteiger partial charge is 0.298 e. The molecule has 0 aliphatic heterocycles. The summed E-state index contributed by atoms with van der Waals surface area (Å²) < 4.78 is 37.7. The third kappa shape index (κ3) is 4.40. The van der Waals surface area contributed by atoms with Crippen LogP contribution in [0, 0.1) is 0 Å². The van der Waals surface area contributed by atoms with E-state index in [2.05, 4.69) is 17.5 Å². The Labute approximate surface area is 112 Å². The van der Waals surface area contributed by atoms with E-state index in [1.54, 1.807) is 6.92 Å². The maximum absolute atomic E-state index is 12.6. The van der Waals surface area contributed by atoms with Crippen LogP contribution >= 0.6 is 0 Å². The van der Waals surface area contributed by atoms with Gasteiger partial charge < -0.3 is 0 Å². The predicted octanol–water partition coefficient (Wildman–Crippen LogP) is 4.35. The fourth-order valence-electron chi connectivity index (χ4n) is 1.90. The van der Waals surface area contributed by atoms with E-state index in [1.807, 2.05) is 13.0 Å². The van der Waals surface area contributed by atoms with Crippen molar-refractivity contribution in [2.45, 2.75) is 59.2 Å². The molecule has 108 valence electrons. The molecule has 0 amide bonds. The van der Waals surface area contributed by atoms with Crippen LogP contribution in [-0.2, 0) is 0 Å². The van der Waals surface area contributed by atoms with E-state index in [1.165, 1.54) is 18.1 Å². The van der Waals surface area contributed by atoms with Crippen LogP contribution in [0.15, 0.2) is 27.9 Å². The molecular formula is C14H21F3N2. The molecule has 0 aromatic carbocycles. The lowest BCUT2D eigenvalue weighted by atomic mass is 9.92. The number of hydrazone groups is 1. The summed E-state index contributed by atoms with van der Waals surface area (Å²) in [6.07, 6.45) is -0.499. The molecule has 0 spiro atoms. The Morgan fingerprint density at radius 2 is 2.00 bits per heavy atom. The molecule has 5 heteroatoms. The normalized spacial score (nSPS) is 19.3. The van der Waals surface area contributed by atoms with E-state index < -0.39 is 12.2 Å². The van der Waals surface area contributed by atoms with Crippen LogP contribution in [0.25, 0.3) is 0 Å². The molecule has 0 aromatic rings. The lowest BCUT2D eigenvalue weighted by Gasteiger charge is -2.20. The summed E-state index contributed by atoms with van der Waals surface area (Å²) >= 11 is 0. The second kappa shape index (κ2) is 6.26. The van der Waals surface area contributed by atoms with Crippen LogP contribution in [0.3, 0.4) is 0 Å². The third-order valence-corrected chi connectivity index (χ3v) is 3.49. The zero-order valence-electron chi connectivity index (χ0n) is 11.9. The van der Waals surface area contributed by atoms with E-state index in [0.717, 1.165) is 18.4 Å². The standard InChI is InChI=1S/C14H21F3N2/c1-5-13(14(15,16)17)19-18-11(4)12-7-6-9(2)10(3)8-12/h8,13,19H,5-7H2,1-4H3/b18-11+. The topological polar surface area (TPSA) is 24.4 Å². The number of nitrogens with zero attached hydrogens (tertiary/aromatic N) is 1. The third-order valence-electron chi connectivity index (χ3n) is 3.49. The van der Waals surface area contributed by atoms with Crippen molar-refractivity contribution < 1.29 is 13.2 Å². The van der Waals surface area contributed by atoms with E-state index in [-0.39, 0.29) is 6.42 Å². The lowest BCUT2D eigenvalue weighted by Crippen LogP contribution is -2.39. The fourth-order valence-corrected chi connectivity index (χ4v) is 1.90. The zero-order valence-corrected chi connectivity index (χ0v) is 11.9. The van der Waals surface area contributed by atoms with Gasteiger partial charge in [-0.05, 0) is 45.6 Å². The highest BCUT2D eigenvalue weighted by Crippen LogP contribution is 2.25. The number of allylic oxidation sites excluding steroid dienone is 4. The first-order chi connectivity index (χ1) is 8.75. The van der Waals surface area contributed by atoms with Gasteiger partial charge in [-0.15, -0.1) is 0 Å². The average Bonchev–Trinajstić information content (AvgIpc) is 2.31. The Morgan fingerprint density at radius 3 is 2.47 bits per heavy atom. The summed E-state index contributed by atoms with van der Waals surface area (Å²) in [5.41, 5.74) is 6.38. The van der Waals surface area contributed by atoms with Gasteiger partial charge in [0.25, 0.3) is 0 Å². The van der Waals surface area contributed by atoms with Gasteiger partial charge in [0.15, 0.2) is 0 Å². The predicted molar refractivity (Wildman–Crippen MR) is 72.1 cm³/mol. The van der Waals surface area contributed by atoms with E-state index in [0.29, 0.717) is 5.71 Å². The van der Waals surface area contributed by atoms with Crippen molar-refractivity contribution in [1.82, 2.24) is 5.43 Å². The number of hydrogen-bond acceptors (Lipinski definition) is 2. The van der Waals surface area contributed by atoms with Crippen molar-refractivity contribution in [1.29, 1.82) is 0 Å². The van der Waals surface area contributed by atoms with Crippen LogP contribution in [-0.4, -0.2) is 17.9 Å². The van der Waals surface area contributed by atoms with Crippen molar-refractivity contribution >= 4 is 5.71 Å². The molecule has 0 saturated carbocycles. The minimum Gasteiger partial charge on any atom is -0.298 e. The van der Waals surface area contributed by atoms with Crippen molar-refractivity contribution in [3.8, 4) is 0 Å². The minimum atomic E-state index is -4.26. The molecule has 19 heavy (non-hydrogen) atoms. The molecule has 1 unspecified atom stereocenters. The number of alkyl halides is 3. The summed E-state index contributed by atoms with van der Waals surface area (Å²) in [6, 6.07) is -1.58. The Morgan fingerprint density at radius 1 is 1.37 bits per heavy atom. The maximum atomic E-state index is 12.6. The minimum absolute atomic E-state index is 0.0304. The van der Waals surface area contributed by atoms with Gasteiger partial charge >= 0.3 is 6.18 Å². The molecule has 1 N–H and O–H groups in total. The first-order valence-electron chi connectivity index (χ1n) is 6.49. The van der Waals surface area contributed by atoms with Crippen LogP contribution < -0.4 is 5.43 Å². The van der Waals surface area contributed by atoms with Crippen molar-refractivity contribution in [2.24, 2.45) is 5.10 Å². The summed E-state index contributed by atoms with van der Waals surface area (Å²) in [4.78, 5) is 0. The quantitative estimate of drug-likeness (QED) is 0.598. The second-order valence-corrected chi connectivity index (χ2v) is 4.96. The van der Waals surface area contributed by atoms with Crippen LogP contribution in [0.2, 0.25) is 0 Å². The highest BCUT2D eigenvalue weighted by atomic mass is 19.4. The van der Waals surface area contributed by atoms with Crippen LogP contribution in [0.1, 0.15) is 47.0 Å². The lowest BCUT2D eigenvalue weighted by molar-refractivity contribution is -0.156. The van der Waals surface area contributed by atoms with Crippen LogP contribution in [0.5, 0.6) is 0 Å². The van der Waals surface area contributed by atoms with E-state index in [9.17, 15) is 13.2 Å². The number of hydrogen-bond donors (Lipinski definition) is 1. The Kier molecular flexibility index (Phi) is 5.20. The first-order valence-corrected chi connectivity index (χ1v) is 6.49. The van der Waals surface area contributed by atoms with E-state index in [4.69, 9.17) is 0 Å². The van der Waals surface area contributed by atoms with Gasteiger partial charge in [0.05, 0.1) is 5.71 Å². The van der Waals surface area contributed by atoms with Gasteiger partial charge in [0.2, 0.25) is 0 Å². The first kappa shape index (κ1) is 15.8. The molecule has 1 aliphatic rings. The Bertz CT molecular complexity index is 417. The highest BCUT2D eigenvalue weighted by Gasteiger charge is 2.38. The zero-order chi connectivity index (χ0) is 14.6. The fraction of sp³-hybridized carbons (Fsp3) is 0.643. The largest absolute Gasteiger partial charge is 0.410 e. The number of halogens is 3. The molecule has 1 atom stereocenters. The second-order valence-electron chi connectivity index (χ2n) is 4.96. The number of nitrogens with one attached hydrogen (secondary N) is 1. The summed E-state index contributed by atoms with van der Waals surface area (Å²) in [5, 5.41) is 3.90. The van der Waals surface area contributed by atoms with Gasteiger partial charge in [-0.25, -0.2) is 0 Å². The number of rotatable bonds is 4. The van der Waals surface area contributed by atoms with Crippen molar-refractivity contribution in [2.75, 3.05) is 0 Å². The molecule has 2 nitrogen and oxygen atoms in total. The summed E-state index contributed by atoms with van der Waals surface area (Å²) in [6.45, 7) is 7.33. The molecule has 0 radical (unpaired) electrons. The van der Waals surface area contributed by atoms with Crippen LogP contribution in [0.4, 0.5) is 13.2 Å². The van der Waals surface area contributed by atoms with Gasteiger partial charge in [-0.1, -0.05) is 24.1 Å². The molecule has 0 aromatic heterocycles. The van der Waals surface area contributed by atoms with Gasteiger partial charge in [0, 0.05) is 0 Å². The molecule has 1 rings (SSSR count). The average molecular weight is 274 g/mol. The SMILES string of the molecule is CCC(N/N=C(\C)C1=CC(C)=C(C)CC1)C(F)(F)F. The molecule has 0 heterocycles. The highest BCUT2D eigenvalue weighted by molar-refractivity contribution is 5.98. The Hall–Kier alpha value is -1.26. The summed E-state index contributed by atoms with van der Waals surface area (Å²) in [7, 11) is 0. The van der Waals surface area contributed by atoms with Crippen molar-refractivity contribution in [3.63, 3.8) is 0 Å². The molecule has 1 aliphatic carbocycles. The summed E-state index contributed by atoms with van der Waals surface area (Å²) in [5.74, 6) is 0. The molecule has 0 bridgehead atoms. The monoisotopic (exact) mass is 274 g/mol. The Balaban J connectivity index is 2.76. The molecule has 0 saturated heterocycles.